The Morgan fingerprint density at radius 3 is 3.18 bits per heavy atom. The minimum absolute atomic E-state index is 0.0597. The smallest absolute Gasteiger partial charge is 0.309 e. The molecule has 0 bridgehead atoms. The van der Waals surface area contributed by atoms with Crippen LogP contribution in [0.4, 0.5) is 0 Å². The lowest BCUT2D eigenvalue weighted by molar-refractivity contribution is -0.136. The third-order valence-electron chi connectivity index (χ3n) is 1.84. The molecule has 1 N–H and O–H groups in total. The van der Waals surface area contributed by atoms with E-state index in [1.54, 1.807) is 10.1 Å². The van der Waals surface area contributed by atoms with Crippen molar-refractivity contribution < 1.29 is 9.90 Å². The summed E-state index contributed by atoms with van der Waals surface area (Å²) in [5.41, 5.74) is 0.556. The van der Waals surface area contributed by atoms with Gasteiger partial charge in [0.25, 0.3) is 0 Å². The molecule has 0 radical (unpaired) electrons. The molecule has 0 amide bonds. The van der Waals surface area contributed by atoms with Crippen molar-refractivity contribution in [1.29, 1.82) is 0 Å². The van der Waals surface area contributed by atoms with Gasteiger partial charge in [0.15, 0.2) is 4.34 Å². The molecule has 0 aliphatic rings. The molecule has 0 saturated carbocycles. The standard InChI is InChI=1S/C8H9N5O2S2/c1-2-13-7(10-11-12-13)17-8-9-5(4-16-8)3-6(14)15/h4H,2-3H2,1H3,(H,14,15). The molecule has 0 atom stereocenters. The minimum Gasteiger partial charge on any atom is -0.481 e. The number of aryl methyl sites for hydroxylation is 1. The Hall–Kier alpha value is -1.48. The molecule has 9 heteroatoms. The topological polar surface area (TPSA) is 93.8 Å². The molecule has 2 rings (SSSR count). The first-order chi connectivity index (χ1) is 8.19. The largest absolute Gasteiger partial charge is 0.481 e. The number of carboxylic acids is 1. The molecule has 7 nitrogen and oxygen atoms in total. The maximum Gasteiger partial charge on any atom is 0.309 e. The summed E-state index contributed by atoms with van der Waals surface area (Å²) in [6.07, 6.45) is -0.0597. The first-order valence-corrected chi connectivity index (χ1v) is 6.49. The van der Waals surface area contributed by atoms with Gasteiger partial charge in [-0.1, -0.05) is 0 Å². The van der Waals surface area contributed by atoms with E-state index < -0.39 is 5.97 Å². The van der Waals surface area contributed by atoms with Crippen LogP contribution in [-0.4, -0.2) is 36.3 Å². The molecule has 90 valence electrons. The Balaban J connectivity index is 2.08. The lowest BCUT2D eigenvalue weighted by Crippen LogP contribution is -2.00. The summed E-state index contributed by atoms with van der Waals surface area (Å²) in [6, 6.07) is 0. The Morgan fingerprint density at radius 2 is 2.47 bits per heavy atom. The van der Waals surface area contributed by atoms with Gasteiger partial charge in [-0.15, -0.1) is 16.4 Å². The van der Waals surface area contributed by atoms with Gasteiger partial charge in [0.05, 0.1) is 12.1 Å². The second-order valence-corrected chi connectivity index (χ2v) is 5.13. The average Bonchev–Trinajstić information content (AvgIpc) is 2.87. The predicted molar refractivity (Wildman–Crippen MR) is 61.1 cm³/mol. The molecule has 0 aliphatic carbocycles. The van der Waals surface area contributed by atoms with Gasteiger partial charge in [-0.25, -0.2) is 9.67 Å². The first kappa shape index (κ1) is 12.0. The van der Waals surface area contributed by atoms with Crippen LogP contribution in [0.25, 0.3) is 0 Å². The molecule has 0 aromatic carbocycles. The van der Waals surface area contributed by atoms with Crippen molar-refractivity contribution in [2.75, 3.05) is 0 Å². The van der Waals surface area contributed by atoms with Crippen molar-refractivity contribution >= 4 is 29.1 Å². The predicted octanol–water partition coefficient (Wildman–Crippen LogP) is 0.928. The lowest BCUT2D eigenvalue weighted by atomic mass is 10.3. The van der Waals surface area contributed by atoms with E-state index in [2.05, 4.69) is 20.5 Å². The molecule has 2 aromatic heterocycles. The number of hydrogen-bond acceptors (Lipinski definition) is 7. The van der Waals surface area contributed by atoms with Crippen LogP contribution in [-0.2, 0) is 17.8 Å². The van der Waals surface area contributed by atoms with Crippen LogP contribution in [0, 0.1) is 0 Å². The molecule has 2 aromatic rings. The van der Waals surface area contributed by atoms with E-state index in [0.29, 0.717) is 17.4 Å². The van der Waals surface area contributed by atoms with Gasteiger partial charge in [0.2, 0.25) is 5.16 Å². The van der Waals surface area contributed by atoms with Crippen LogP contribution < -0.4 is 0 Å². The van der Waals surface area contributed by atoms with Gasteiger partial charge in [-0.05, 0) is 29.1 Å². The van der Waals surface area contributed by atoms with Gasteiger partial charge in [0, 0.05) is 11.9 Å². The van der Waals surface area contributed by atoms with E-state index in [4.69, 9.17) is 5.11 Å². The Labute approximate surface area is 105 Å². The third-order valence-corrected chi connectivity index (χ3v) is 3.80. The monoisotopic (exact) mass is 271 g/mol. The maximum absolute atomic E-state index is 10.5. The zero-order valence-electron chi connectivity index (χ0n) is 8.90. The number of tetrazole rings is 1. The Kier molecular flexibility index (Phi) is 3.69. The first-order valence-electron chi connectivity index (χ1n) is 4.79. The number of rotatable bonds is 5. The Morgan fingerprint density at radius 1 is 1.65 bits per heavy atom. The fourth-order valence-electron chi connectivity index (χ4n) is 1.12. The lowest BCUT2D eigenvalue weighted by Gasteiger charge is -1.96. The van der Waals surface area contributed by atoms with Crippen molar-refractivity contribution in [2.45, 2.75) is 29.4 Å². The highest BCUT2D eigenvalue weighted by Gasteiger charge is 2.11. The Bertz CT molecular complexity index is 523. The second-order valence-electron chi connectivity index (χ2n) is 3.05. The van der Waals surface area contributed by atoms with E-state index in [-0.39, 0.29) is 6.42 Å². The van der Waals surface area contributed by atoms with Gasteiger partial charge >= 0.3 is 5.97 Å². The molecular formula is C8H9N5O2S2. The molecule has 0 fully saturated rings. The summed E-state index contributed by atoms with van der Waals surface area (Å²) >= 11 is 2.72. The number of aliphatic carboxylic acids is 1. The molecule has 0 aliphatic heterocycles. The highest BCUT2D eigenvalue weighted by molar-refractivity contribution is 8.00. The van der Waals surface area contributed by atoms with Crippen LogP contribution in [0.3, 0.4) is 0 Å². The van der Waals surface area contributed by atoms with Crippen LogP contribution in [0.5, 0.6) is 0 Å². The van der Waals surface area contributed by atoms with Gasteiger partial charge < -0.3 is 5.11 Å². The highest BCUT2D eigenvalue weighted by Crippen LogP contribution is 2.28. The van der Waals surface area contributed by atoms with Crippen molar-refractivity contribution in [2.24, 2.45) is 0 Å². The van der Waals surface area contributed by atoms with Crippen LogP contribution in [0.1, 0.15) is 12.6 Å². The molecule has 0 spiro atoms. The number of hydrogen-bond donors (Lipinski definition) is 1. The summed E-state index contributed by atoms with van der Waals surface area (Å²) in [6.45, 7) is 2.63. The summed E-state index contributed by atoms with van der Waals surface area (Å²) < 4.78 is 2.40. The third kappa shape index (κ3) is 3.01. The van der Waals surface area contributed by atoms with Gasteiger partial charge in [-0.3, -0.25) is 4.79 Å². The average molecular weight is 271 g/mol. The number of carboxylic acid groups (broad SMARTS) is 1. The number of thiazole rings is 1. The van der Waals surface area contributed by atoms with Crippen molar-refractivity contribution in [3.05, 3.63) is 11.1 Å². The number of carbonyl (C=O) groups is 1. The summed E-state index contributed by atoms with van der Waals surface area (Å²) in [7, 11) is 0. The fraction of sp³-hybridized carbons (Fsp3) is 0.375. The second kappa shape index (κ2) is 5.23. The quantitative estimate of drug-likeness (QED) is 0.864. The normalized spacial score (nSPS) is 10.6. The van der Waals surface area contributed by atoms with Crippen LogP contribution in [0.2, 0.25) is 0 Å². The summed E-state index contributed by atoms with van der Waals surface area (Å²) in [5.74, 6) is -0.884. The molecule has 17 heavy (non-hydrogen) atoms. The van der Waals surface area contributed by atoms with E-state index in [0.717, 1.165) is 4.34 Å². The molecule has 0 saturated heterocycles. The van der Waals surface area contributed by atoms with E-state index >= 15 is 0 Å². The van der Waals surface area contributed by atoms with Crippen LogP contribution in [0.15, 0.2) is 14.9 Å². The highest BCUT2D eigenvalue weighted by atomic mass is 32.2. The van der Waals surface area contributed by atoms with E-state index in [9.17, 15) is 4.79 Å². The molecular weight excluding hydrogens is 262 g/mol. The molecule has 2 heterocycles. The summed E-state index contributed by atoms with van der Waals surface area (Å²) in [5, 5.41) is 22.3. The maximum atomic E-state index is 10.5. The van der Waals surface area contributed by atoms with Gasteiger partial charge in [0.1, 0.15) is 0 Å². The summed E-state index contributed by atoms with van der Waals surface area (Å²) in [4.78, 5) is 14.7. The van der Waals surface area contributed by atoms with Crippen molar-refractivity contribution in [1.82, 2.24) is 25.2 Å². The zero-order valence-corrected chi connectivity index (χ0v) is 10.5. The number of nitrogens with zero attached hydrogens (tertiary/aromatic N) is 5. The fourth-order valence-corrected chi connectivity index (χ4v) is 2.89. The van der Waals surface area contributed by atoms with Crippen LogP contribution >= 0.6 is 23.1 Å². The van der Waals surface area contributed by atoms with E-state index in [1.165, 1.54) is 23.1 Å². The van der Waals surface area contributed by atoms with Gasteiger partial charge in [-0.2, -0.15) is 0 Å². The zero-order chi connectivity index (χ0) is 12.3. The minimum atomic E-state index is -0.884. The van der Waals surface area contributed by atoms with Crippen molar-refractivity contribution in [3.8, 4) is 0 Å². The molecule has 0 unspecified atom stereocenters. The SMILES string of the molecule is CCn1nnnc1Sc1nc(CC(=O)O)cs1. The van der Waals surface area contributed by atoms with Crippen molar-refractivity contribution in [3.63, 3.8) is 0 Å². The number of aromatic nitrogens is 5. The van der Waals surface area contributed by atoms with E-state index in [1.807, 2.05) is 6.92 Å².